The van der Waals surface area contributed by atoms with Gasteiger partial charge < -0.3 is 14.4 Å². The minimum atomic E-state index is -0.463. The standard InChI is InChI=1S/C15H25NO4/c1-14(2,3)20-13(18)16-8-5-6-15(7-9-16)10-11(15)12(17)19-4/h11H,5-10H2,1-4H3. The van der Waals surface area contributed by atoms with Crippen LogP contribution < -0.4 is 0 Å². The largest absolute Gasteiger partial charge is 0.469 e. The molecular formula is C15H25NO4. The van der Waals surface area contributed by atoms with Crippen molar-refractivity contribution in [3.8, 4) is 0 Å². The van der Waals surface area contributed by atoms with E-state index in [0.717, 1.165) is 25.7 Å². The first-order chi connectivity index (χ1) is 9.27. The molecule has 2 rings (SSSR count). The van der Waals surface area contributed by atoms with Crippen LogP contribution in [0.15, 0.2) is 0 Å². The lowest BCUT2D eigenvalue weighted by molar-refractivity contribution is -0.143. The van der Waals surface area contributed by atoms with E-state index in [0.29, 0.717) is 13.1 Å². The number of nitrogens with zero attached hydrogens (tertiary/aromatic N) is 1. The topological polar surface area (TPSA) is 55.8 Å². The van der Waals surface area contributed by atoms with E-state index in [9.17, 15) is 9.59 Å². The zero-order valence-corrected chi connectivity index (χ0v) is 12.9. The Balaban J connectivity index is 1.91. The predicted octanol–water partition coefficient (Wildman–Crippen LogP) is 2.59. The van der Waals surface area contributed by atoms with E-state index in [1.165, 1.54) is 7.11 Å². The lowest BCUT2D eigenvalue weighted by Gasteiger charge is -2.26. The second-order valence-electron chi connectivity index (χ2n) is 6.96. The van der Waals surface area contributed by atoms with Gasteiger partial charge in [-0.15, -0.1) is 0 Å². The zero-order valence-electron chi connectivity index (χ0n) is 12.9. The molecule has 0 radical (unpaired) electrons. The summed E-state index contributed by atoms with van der Waals surface area (Å²) in [6.07, 6.45) is 3.44. The van der Waals surface area contributed by atoms with Crippen molar-refractivity contribution < 1.29 is 19.1 Å². The molecule has 1 aliphatic carbocycles. The Morgan fingerprint density at radius 1 is 1.20 bits per heavy atom. The van der Waals surface area contributed by atoms with Gasteiger partial charge in [0.25, 0.3) is 0 Å². The molecule has 0 aromatic carbocycles. The maximum atomic E-state index is 12.1. The number of likely N-dealkylation sites (tertiary alicyclic amines) is 1. The summed E-state index contributed by atoms with van der Waals surface area (Å²) in [6.45, 7) is 7.00. The fraction of sp³-hybridized carbons (Fsp3) is 0.867. The minimum absolute atomic E-state index is 0.0334. The first kappa shape index (κ1) is 15.1. The first-order valence-corrected chi connectivity index (χ1v) is 7.33. The summed E-state index contributed by atoms with van der Waals surface area (Å²) in [5, 5.41) is 0. The van der Waals surface area contributed by atoms with Crippen LogP contribution in [0.25, 0.3) is 0 Å². The molecule has 2 atom stereocenters. The predicted molar refractivity (Wildman–Crippen MR) is 74.2 cm³/mol. The highest BCUT2D eigenvalue weighted by atomic mass is 16.6. The Kier molecular flexibility index (Phi) is 3.98. The van der Waals surface area contributed by atoms with Crippen molar-refractivity contribution in [2.45, 2.75) is 52.1 Å². The Morgan fingerprint density at radius 2 is 1.90 bits per heavy atom. The number of carbonyl (C=O) groups excluding carboxylic acids is 2. The average Bonchev–Trinajstić information content (AvgIpc) is 3.09. The number of rotatable bonds is 1. The Bertz CT molecular complexity index is 401. The number of hydrogen-bond acceptors (Lipinski definition) is 4. The molecule has 20 heavy (non-hydrogen) atoms. The third-order valence-corrected chi connectivity index (χ3v) is 4.31. The second-order valence-corrected chi connectivity index (χ2v) is 6.96. The van der Waals surface area contributed by atoms with Crippen molar-refractivity contribution in [2.24, 2.45) is 11.3 Å². The minimum Gasteiger partial charge on any atom is -0.469 e. The molecule has 1 heterocycles. The highest BCUT2D eigenvalue weighted by Crippen LogP contribution is 2.59. The number of ether oxygens (including phenoxy) is 2. The molecule has 0 aromatic rings. The summed E-state index contributed by atoms with van der Waals surface area (Å²) in [5.74, 6) is -0.0678. The van der Waals surface area contributed by atoms with Gasteiger partial charge in [0.1, 0.15) is 5.60 Å². The van der Waals surface area contributed by atoms with Gasteiger partial charge in [0.05, 0.1) is 13.0 Å². The van der Waals surface area contributed by atoms with Crippen LogP contribution in [0, 0.1) is 11.3 Å². The summed E-state index contributed by atoms with van der Waals surface area (Å²) >= 11 is 0. The fourth-order valence-corrected chi connectivity index (χ4v) is 3.10. The molecule has 0 aromatic heterocycles. The van der Waals surface area contributed by atoms with Crippen molar-refractivity contribution in [1.29, 1.82) is 0 Å². The van der Waals surface area contributed by atoms with Crippen molar-refractivity contribution in [3.05, 3.63) is 0 Å². The molecule has 1 aliphatic heterocycles. The Morgan fingerprint density at radius 3 is 2.50 bits per heavy atom. The second kappa shape index (κ2) is 5.26. The SMILES string of the molecule is COC(=O)C1CC12CCCN(C(=O)OC(C)(C)C)CC2. The maximum absolute atomic E-state index is 12.1. The number of hydrogen-bond donors (Lipinski definition) is 0. The van der Waals surface area contributed by atoms with Crippen LogP contribution in [0.3, 0.4) is 0 Å². The molecule has 1 saturated carbocycles. The molecule has 114 valence electrons. The molecule has 2 unspecified atom stereocenters. The Hall–Kier alpha value is -1.26. The molecule has 0 bridgehead atoms. The fourth-order valence-electron chi connectivity index (χ4n) is 3.10. The summed E-state index contributed by atoms with van der Waals surface area (Å²) in [4.78, 5) is 25.5. The average molecular weight is 283 g/mol. The van der Waals surface area contributed by atoms with Crippen LogP contribution in [0.2, 0.25) is 0 Å². The molecule has 1 amide bonds. The van der Waals surface area contributed by atoms with E-state index >= 15 is 0 Å². The van der Waals surface area contributed by atoms with E-state index in [4.69, 9.17) is 9.47 Å². The van der Waals surface area contributed by atoms with Gasteiger partial charge in [0.2, 0.25) is 0 Å². The molecule has 1 saturated heterocycles. The Labute approximate surface area is 120 Å². The van der Waals surface area contributed by atoms with Crippen LogP contribution in [0.5, 0.6) is 0 Å². The molecule has 5 nitrogen and oxygen atoms in total. The summed E-state index contributed by atoms with van der Waals surface area (Å²) < 4.78 is 10.3. The smallest absolute Gasteiger partial charge is 0.410 e. The van der Waals surface area contributed by atoms with Crippen LogP contribution in [0.4, 0.5) is 4.79 Å². The monoisotopic (exact) mass is 283 g/mol. The summed E-state index contributed by atoms with van der Waals surface area (Å²) in [7, 11) is 1.44. The van der Waals surface area contributed by atoms with Crippen molar-refractivity contribution in [2.75, 3.05) is 20.2 Å². The molecule has 5 heteroatoms. The number of esters is 1. The van der Waals surface area contributed by atoms with E-state index in [1.807, 2.05) is 20.8 Å². The van der Waals surface area contributed by atoms with Crippen LogP contribution in [-0.4, -0.2) is 42.8 Å². The third-order valence-electron chi connectivity index (χ3n) is 4.31. The zero-order chi connectivity index (χ0) is 15.0. The quantitative estimate of drug-likeness (QED) is 0.694. The van der Waals surface area contributed by atoms with Crippen LogP contribution in [-0.2, 0) is 14.3 Å². The highest BCUT2D eigenvalue weighted by Gasteiger charge is 2.58. The van der Waals surface area contributed by atoms with Gasteiger partial charge >= 0.3 is 12.1 Å². The van der Waals surface area contributed by atoms with Crippen LogP contribution >= 0.6 is 0 Å². The molecular weight excluding hydrogens is 258 g/mol. The lowest BCUT2D eigenvalue weighted by Crippen LogP contribution is -2.37. The van der Waals surface area contributed by atoms with Gasteiger partial charge in [-0.05, 0) is 51.9 Å². The van der Waals surface area contributed by atoms with E-state index in [2.05, 4.69) is 0 Å². The van der Waals surface area contributed by atoms with Gasteiger partial charge in [0, 0.05) is 13.1 Å². The summed E-state index contributed by atoms with van der Waals surface area (Å²) in [5.41, 5.74) is -0.390. The lowest BCUT2D eigenvalue weighted by atomic mass is 9.94. The van der Waals surface area contributed by atoms with E-state index in [1.54, 1.807) is 4.90 Å². The van der Waals surface area contributed by atoms with Gasteiger partial charge in [-0.25, -0.2) is 4.79 Å². The van der Waals surface area contributed by atoms with Gasteiger partial charge in [-0.3, -0.25) is 4.79 Å². The van der Waals surface area contributed by atoms with Gasteiger partial charge in [0.15, 0.2) is 0 Å². The summed E-state index contributed by atoms with van der Waals surface area (Å²) in [6, 6.07) is 0. The van der Waals surface area contributed by atoms with Gasteiger partial charge in [-0.2, -0.15) is 0 Å². The molecule has 2 aliphatic rings. The van der Waals surface area contributed by atoms with Crippen molar-refractivity contribution in [1.82, 2.24) is 4.90 Å². The number of amides is 1. The normalized spacial score (nSPS) is 29.8. The highest BCUT2D eigenvalue weighted by molar-refractivity contribution is 5.77. The van der Waals surface area contributed by atoms with E-state index in [-0.39, 0.29) is 23.4 Å². The van der Waals surface area contributed by atoms with Crippen molar-refractivity contribution in [3.63, 3.8) is 0 Å². The molecule has 2 fully saturated rings. The van der Waals surface area contributed by atoms with Crippen LogP contribution in [0.1, 0.15) is 46.5 Å². The van der Waals surface area contributed by atoms with E-state index < -0.39 is 5.60 Å². The van der Waals surface area contributed by atoms with Crippen molar-refractivity contribution >= 4 is 12.1 Å². The molecule has 1 spiro atoms. The van der Waals surface area contributed by atoms with Gasteiger partial charge in [-0.1, -0.05) is 0 Å². The number of methoxy groups -OCH3 is 1. The number of carbonyl (C=O) groups is 2. The third kappa shape index (κ3) is 3.25. The maximum Gasteiger partial charge on any atom is 0.410 e. The first-order valence-electron chi connectivity index (χ1n) is 7.33. The molecule has 0 N–H and O–H groups in total.